The number of ketones is 1. The fourth-order valence-corrected chi connectivity index (χ4v) is 2.58. The molecule has 118 valence electrons. The second-order valence-electron chi connectivity index (χ2n) is 4.90. The van der Waals surface area contributed by atoms with Crippen molar-refractivity contribution >= 4 is 18.2 Å². The number of rotatable bonds is 1. The van der Waals surface area contributed by atoms with Crippen molar-refractivity contribution in [2.75, 3.05) is 0 Å². The van der Waals surface area contributed by atoms with Crippen LogP contribution in [-0.2, 0) is 16.5 Å². The number of aliphatic hydroxyl groups excluding tert-OH is 1. The topological polar surface area (TPSA) is 63.3 Å². The lowest BCUT2D eigenvalue weighted by molar-refractivity contribution is -0.143. The van der Waals surface area contributed by atoms with Crippen molar-refractivity contribution in [1.29, 1.82) is 0 Å². The van der Waals surface area contributed by atoms with Gasteiger partial charge < -0.3 is 10.8 Å². The molecule has 1 aliphatic carbocycles. The minimum atomic E-state index is -4.96. The lowest BCUT2D eigenvalue weighted by Crippen LogP contribution is -2.53. The summed E-state index contributed by atoms with van der Waals surface area (Å²) in [5, 5.41) is 9.53. The Hall–Kier alpha value is -1.18. The van der Waals surface area contributed by atoms with Crippen molar-refractivity contribution in [1.82, 2.24) is 0 Å². The minimum Gasteiger partial charge on any atom is -0.385 e. The van der Waals surface area contributed by atoms with Crippen LogP contribution in [0.4, 0.5) is 17.6 Å². The zero-order valence-electron chi connectivity index (χ0n) is 10.8. The zero-order chi connectivity index (χ0) is 15.1. The molecule has 0 radical (unpaired) electrons. The molecule has 1 aromatic rings. The van der Waals surface area contributed by atoms with Crippen molar-refractivity contribution in [3.8, 4) is 0 Å². The first-order valence-corrected chi connectivity index (χ1v) is 6.05. The van der Waals surface area contributed by atoms with Crippen LogP contribution in [0.25, 0.3) is 0 Å². The number of carbonyl (C=O) groups is 1. The van der Waals surface area contributed by atoms with Crippen molar-refractivity contribution in [2.24, 2.45) is 5.73 Å². The summed E-state index contributed by atoms with van der Waals surface area (Å²) in [6.45, 7) is 0. The van der Waals surface area contributed by atoms with Crippen molar-refractivity contribution in [3.63, 3.8) is 0 Å². The molecule has 2 unspecified atom stereocenters. The Balaban J connectivity index is 0.00000220. The fourth-order valence-electron chi connectivity index (χ4n) is 2.58. The van der Waals surface area contributed by atoms with Gasteiger partial charge in [-0.3, -0.25) is 4.79 Å². The summed E-state index contributed by atoms with van der Waals surface area (Å²) in [6.07, 6.45) is -6.00. The fraction of sp³-hybridized carbons (Fsp3) is 0.462. The standard InChI is InChI=1S/C13H13F4NO2.ClH/c14-8-4-1-3-7(10(8)13(15,16)17)12(18)6-2-5-9(19)11(12)20;/h1,3-4,9,19H,2,5-6,18H2;1H. The van der Waals surface area contributed by atoms with E-state index in [4.69, 9.17) is 5.73 Å². The molecule has 1 aromatic carbocycles. The van der Waals surface area contributed by atoms with Gasteiger partial charge in [0, 0.05) is 0 Å². The molecule has 0 aliphatic heterocycles. The third kappa shape index (κ3) is 3.04. The largest absolute Gasteiger partial charge is 0.419 e. The molecule has 8 heteroatoms. The van der Waals surface area contributed by atoms with Crippen LogP contribution in [0.3, 0.4) is 0 Å². The Bertz CT molecular complexity index is 549. The Labute approximate surface area is 124 Å². The summed E-state index contributed by atoms with van der Waals surface area (Å²) in [6, 6.07) is 2.73. The summed E-state index contributed by atoms with van der Waals surface area (Å²) in [5.41, 5.74) is 1.64. The number of aliphatic hydroxyl groups is 1. The quantitative estimate of drug-likeness (QED) is 0.779. The minimum absolute atomic E-state index is 0. The van der Waals surface area contributed by atoms with Crippen LogP contribution in [-0.4, -0.2) is 17.0 Å². The van der Waals surface area contributed by atoms with Gasteiger partial charge in [-0.25, -0.2) is 4.39 Å². The molecule has 0 amide bonds. The Kier molecular flexibility index (Phi) is 5.02. The number of hydrogen-bond donors (Lipinski definition) is 2. The second-order valence-corrected chi connectivity index (χ2v) is 4.90. The molecule has 0 heterocycles. The van der Waals surface area contributed by atoms with Gasteiger partial charge in [0.25, 0.3) is 0 Å². The van der Waals surface area contributed by atoms with E-state index in [0.29, 0.717) is 6.07 Å². The molecule has 1 aliphatic rings. The maximum Gasteiger partial charge on any atom is 0.419 e. The number of hydrogen-bond acceptors (Lipinski definition) is 3. The average molecular weight is 328 g/mol. The van der Waals surface area contributed by atoms with E-state index in [9.17, 15) is 27.5 Å². The first-order chi connectivity index (χ1) is 9.18. The third-order valence-electron chi connectivity index (χ3n) is 3.57. The van der Waals surface area contributed by atoms with Gasteiger partial charge in [0.05, 0.1) is 5.56 Å². The number of halogens is 5. The smallest absolute Gasteiger partial charge is 0.385 e. The monoisotopic (exact) mass is 327 g/mol. The molecular weight excluding hydrogens is 314 g/mol. The van der Waals surface area contributed by atoms with Crippen LogP contribution in [0, 0.1) is 5.82 Å². The molecule has 1 saturated carbocycles. The Morgan fingerprint density at radius 3 is 2.52 bits per heavy atom. The molecule has 3 nitrogen and oxygen atoms in total. The van der Waals surface area contributed by atoms with Gasteiger partial charge in [-0.1, -0.05) is 12.1 Å². The van der Waals surface area contributed by atoms with Gasteiger partial charge >= 0.3 is 6.18 Å². The number of Topliss-reactive ketones (excluding diaryl/α,β-unsaturated/α-hetero) is 1. The summed E-state index contributed by atoms with van der Waals surface area (Å²) in [7, 11) is 0. The number of alkyl halides is 3. The maximum atomic E-state index is 13.5. The van der Waals surface area contributed by atoms with Crippen LogP contribution < -0.4 is 5.73 Å². The Morgan fingerprint density at radius 1 is 1.33 bits per heavy atom. The number of nitrogens with two attached hydrogens (primary N) is 1. The highest BCUT2D eigenvalue weighted by Crippen LogP contribution is 2.41. The highest BCUT2D eigenvalue weighted by atomic mass is 35.5. The predicted molar refractivity (Wildman–Crippen MR) is 69.4 cm³/mol. The van der Waals surface area contributed by atoms with E-state index in [1.807, 2.05) is 0 Å². The van der Waals surface area contributed by atoms with E-state index in [-0.39, 0.29) is 31.7 Å². The third-order valence-corrected chi connectivity index (χ3v) is 3.57. The summed E-state index contributed by atoms with van der Waals surface area (Å²) in [4.78, 5) is 12.0. The van der Waals surface area contributed by atoms with Gasteiger partial charge in [-0.05, 0) is 30.9 Å². The van der Waals surface area contributed by atoms with E-state index in [0.717, 1.165) is 12.1 Å². The summed E-state index contributed by atoms with van der Waals surface area (Å²) >= 11 is 0. The maximum absolute atomic E-state index is 13.5. The van der Waals surface area contributed by atoms with Crippen molar-refractivity contribution in [2.45, 2.75) is 37.1 Å². The average Bonchev–Trinajstić information content (AvgIpc) is 2.34. The lowest BCUT2D eigenvalue weighted by Gasteiger charge is -2.36. The molecule has 0 bridgehead atoms. The molecule has 2 atom stereocenters. The van der Waals surface area contributed by atoms with E-state index >= 15 is 0 Å². The van der Waals surface area contributed by atoms with Gasteiger partial charge in [0.2, 0.25) is 0 Å². The molecule has 1 fully saturated rings. The molecule has 0 saturated heterocycles. The zero-order valence-corrected chi connectivity index (χ0v) is 11.6. The first kappa shape index (κ1) is 17.9. The van der Waals surface area contributed by atoms with Crippen LogP contribution in [0.1, 0.15) is 30.4 Å². The number of benzene rings is 1. The second kappa shape index (κ2) is 5.90. The lowest BCUT2D eigenvalue weighted by atomic mass is 9.73. The van der Waals surface area contributed by atoms with E-state index in [1.165, 1.54) is 0 Å². The van der Waals surface area contributed by atoms with Crippen LogP contribution >= 0.6 is 12.4 Å². The highest BCUT2D eigenvalue weighted by Gasteiger charge is 2.48. The van der Waals surface area contributed by atoms with Crippen molar-refractivity contribution < 1.29 is 27.5 Å². The van der Waals surface area contributed by atoms with E-state index in [2.05, 4.69) is 0 Å². The van der Waals surface area contributed by atoms with E-state index < -0.39 is 40.5 Å². The Morgan fingerprint density at radius 2 is 1.95 bits per heavy atom. The van der Waals surface area contributed by atoms with E-state index in [1.54, 1.807) is 0 Å². The molecule has 3 N–H and O–H groups in total. The van der Waals surface area contributed by atoms with Gasteiger partial charge in [0.1, 0.15) is 17.5 Å². The van der Waals surface area contributed by atoms with Crippen LogP contribution in [0.2, 0.25) is 0 Å². The van der Waals surface area contributed by atoms with Gasteiger partial charge in [-0.15, -0.1) is 12.4 Å². The SMILES string of the molecule is Cl.NC1(c2cccc(F)c2C(F)(F)F)CCCC(O)C1=O. The summed E-state index contributed by atoms with van der Waals surface area (Å²) in [5.74, 6) is -2.38. The molecule has 2 rings (SSSR count). The van der Waals surface area contributed by atoms with Gasteiger partial charge in [-0.2, -0.15) is 13.2 Å². The predicted octanol–water partition coefficient (Wildman–Crippen LogP) is 2.53. The summed E-state index contributed by atoms with van der Waals surface area (Å²) < 4.78 is 52.5. The molecule has 21 heavy (non-hydrogen) atoms. The highest BCUT2D eigenvalue weighted by molar-refractivity contribution is 5.94. The van der Waals surface area contributed by atoms with Crippen LogP contribution in [0.5, 0.6) is 0 Å². The normalized spacial score (nSPS) is 26.4. The molecular formula is C13H14ClF4NO2. The molecule has 0 spiro atoms. The number of carbonyl (C=O) groups excluding carboxylic acids is 1. The van der Waals surface area contributed by atoms with Gasteiger partial charge in [0.15, 0.2) is 5.78 Å². The van der Waals surface area contributed by atoms with Crippen molar-refractivity contribution in [3.05, 3.63) is 35.1 Å². The first-order valence-electron chi connectivity index (χ1n) is 6.05. The van der Waals surface area contributed by atoms with Crippen LogP contribution in [0.15, 0.2) is 18.2 Å². The molecule has 0 aromatic heterocycles.